The van der Waals surface area contributed by atoms with Crippen molar-refractivity contribution in [3.63, 3.8) is 0 Å². The average Bonchev–Trinajstić information content (AvgIpc) is 1.86. The summed E-state index contributed by atoms with van der Waals surface area (Å²) < 4.78 is 0. The molecule has 0 aromatic carbocycles. The van der Waals surface area contributed by atoms with Crippen molar-refractivity contribution >= 4 is 0 Å². The van der Waals surface area contributed by atoms with Crippen molar-refractivity contribution in [2.45, 2.75) is 47.5 Å². The zero-order chi connectivity index (χ0) is 8.85. The highest BCUT2D eigenvalue weighted by atomic mass is 14.1. The highest BCUT2D eigenvalue weighted by molar-refractivity contribution is 5.03. The monoisotopic (exact) mass is 154 g/mol. The molecule has 0 saturated carbocycles. The third-order valence-corrected chi connectivity index (χ3v) is 2.10. The Kier molecular flexibility index (Phi) is 5.27. The molecule has 0 bridgehead atoms. The van der Waals surface area contributed by atoms with Crippen LogP contribution in [0, 0.1) is 11.8 Å². The van der Waals surface area contributed by atoms with Crippen LogP contribution >= 0.6 is 0 Å². The first-order valence-corrected chi connectivity index (χ1v) is 4.76. The van der Waals surface area contributed by atoms with Gasteiger partial charge in [-0.2, -0.15) is 0 Å². The molecule has 0 saturated heterocycles. The second-order valence-electron chi connectivity index (χ2n) is 3.84. The normalized spacial score (nSPS) is 15.6. The Labute approximate surface area is 71.7 Å². The highest BCUT2D eigenvalue weighted by Gasteiger charge is 2.02. The predicted octanol–water partition coefficient (Wildman–Crippen LogP) is 4.02. The lowest BCUT2D eigenvalue weighted by Crippen LogP contribution is -1.97. The van der Waals surface area contributed by atoms with E-state index in [1.165, 1.54) is 12.8 Å². The van der Waals surface area contributed by atoms with Gasteiger partial charge in [0.15, 0.2) is 0 Å². The Morgan fingerprint density at radius 2 is 1.82 bits per heavy atom. The molecule has 0 spiro atoms. The van der Waals surface area contributed by atoms with Crippen molar-refractivity contribution in [1.29, 1.82) is 0 Å². The molecule has 0 nitrogen and oxygen atoms in total. The number of hydrogen-bond donors (Lipinski definition) is 0. The Balaban J connectivity index is 3.89. The van der Waals surface area contributed by atoms with Crippen LogP contribution in [0.5, 0.6) is 0 Å². The highest BCUT2D eigenvalue weighted by Crippen LogP contribution is 2.17. The third kappa shape index (κ3) is 5.06. The topological polar surface area (TPSA) is 0 Å². The maximum Gasteiger partial charge on any atom is -0.0234 e. The minimum absolute atomic E-state index is 0.703. The van der Waals surface area contributed by atoms with Crippen molar-refractivity contribution in [3.05, 3.63) is 11.6 Å². The van der Waals surface area contributed by atoms with Gasteiger partial charge in [-0.1, -0.05) is 45.8 Å². The van der Waals surface area contributed by atoms with E-state index in [1.54, 1.807) is 5.57 Å². The summed E-state index contributed by atoms with van der Waals surface area (Å²) in [4.78, 5) is 0. The molecular weight excluding hydrogens is 132 g/mol. The molecule has 0 N–H and O–H groups in total. The Hall–Kier alpha value is -0.260. The molecule has 0 aromatic rings. The van der Waals surface area contributed by atoms with Crippen LogP contribution in [0.1, 0.15) is 47.5 Å². The quantitative estimate of drug-likeness (QED) is 0.536. The van der Waals surface area contributed by atoms with Gasteiger partial charge in [-0.3, -0.25) is 0 Å². The lowest BCUT2D eigenvalue weighted by molar-refractivity contribution is 0.593. The lowest BCUT2D eigenvalue weighted by atomic mass is 9.95. The number of rotatable bonds is 4. The molecule has 1 atom stereocenters. The van der Waals surface area contributed by atoms with Gasteiger partial charge >= 0.3 is 0 Å². The van der Waals surface area contributed by atoms with Crippen molar-refractivity contribution in [1.82, 2.24) is 0 Å². The van der Waals surface area contributed by atoms with Crippen LogP contribution in [0.3, 0.4) is 0 Å². The first-order valence-electron chi connectivity index (χ1n) is 4.76. The van der Waals surface area contributed by atoms with Gasteiger partial charge in [0.2, 0.25) is 0 Å². The second kappa shape index (κ2) is 5.40. The van der Waals surface area contributed by atoms with Crippen LogP contribution in [-0.4, -0.2) is 0 Å². The van der Waals surface area contributed by atoms with Gasteiger partial charge in [-0.25, -0.2) is 0 Å². The van der Waals surface area contributed by atoms with Crippen LogP contribution in [0.2, 0.25) is 0 Å². The Morgan fingerprint density at radius 3 is 2.18 bits per heavy atom. The van der Waals surface area contributed by atoms with Crippen molar-refractivity contribution in [3.8, 4) is 0 Å². The van der Waals surface area contributed by atoms with Gasteiger partial charge in [0.05, 0.1) is 0 Å². The third-order valence-electron chi connectivity index (χ3n) is 2.10. The van der Waals surface area contributed by atoms with Crippen LogP contribution in [-0.2, 0) is 0 Å². The molecule has 66 valence electrons. The second-order valence-corrected chi connectivity index (χ2v) is 3.84. The van der Waals surface area contributed by atoms with Gasteiger partial charge < -0.3 is 0 Å². The Bertz CT molecular complexity index is 120. The fourth-order valence-corrected chi connectivity index (χ4v) is 1.35. The average molecular weight is 154 g/mol. The van der Waals surface area contributed by atoms with Crippen LogP contribution in [0.25, 0.3) is 0 Å². The molecule has 0 heteroatoms. The van der Waals surface area contributed by atoms with Crippen LogP contribution in [0.4, 0.5) is 0 Å². The van der Waals surface area contributed by atoms with Gasteiger partial charge in [0, 0.05) is 0 Å². The van der Waals surface area contributed by atoms with Gasteiger partial charge in [-0.15, -0.1) is 0 Å². The largest absolute Gasteiger partial charge is 0.0828 e. The molecule has 0 heterocycles. The van der Waals surface area contributed by atoms with E-state index in [0.717, 1.165) is 5.92 Å². The van der Waals surface area contributed by atoms with Gasteiger partial charge in [0.25, 0.3) is 0 Å². The molecule has 0 aliphatic carbocycles. The van der Waals surface area contributed by atoms with E-state index in [9.17, 15) is 0 Å². The van der Waals surface area contributed by atoms with E-state index in [-0.39, 0.29) is 0 Å². The number of allylic oxidation sites excluding steroid dienone is 2. The first-order chi connectivity index (χ1) is 5.07. The smallest absolute Gasteiger partial charge is 0.0234 e. The first kappa shape index (κ1) is 10.7. The predicted molar refractivity (Wildman–Crippen MR) is 52.7 cm³/mol. The standard InChI is InChI=1S/C11H22/c1-6-7-10(4)11(5)8-9(2)3/h8-10H,6-7H2,1-5H3/b11-8+. The summed E-state index contributed by atoms with van der Waals surface area (Å²) in [5, 5.41) is 0. The van der Waals surface area contributed by atoms with Gasteiger partial charge in [-0.05, 0) is 25.2 Å². The van der Waals surface area contributed by atoms with Crippen molar-refractivity contribution in [2.75, 3.05) is 0 Å². The molecule has 1 unspecified atom stereocenters. The molecule has 0 radical (unpaired) electrons. The van der Waals surface area contributed by atoms with Crippen LogP contribution < -0.4 is 0 Å². The molecule has 0 rings (SSSR count). The summed E-state index contributed by atoms with van der Waals surface area (Å²) in [7, 11) is 0. The minimum Gasteiger partial charge on any atom is -0.0828 e. The zero-order valence-electron chi connectivity index (χ0n) is 8.65. The van der Waals surface area contributed by atoms with Crippen LogP contribution in [0.15, 0.2) is 11.6 Å². The fourth-order valence-electron chi connectivity index (χ4n) is 1.35. The molecule has 0 aliphatic heterocycles. The minimum atomic E-state index is 0.703. The SMILES string of the molecule is CCCC(C)/C(C)=C/C(C)C. The Morgan fingerprint density at radius 1 is 1.27 bits per heavy atom. The molecule has 0 fully saturated rings. The zero-order valence-corrected chi connectivity index (χ0v) is 8.65. The maximum absolute atomic E-state index is 2.38. The van der Waals surface area contributed by atoms with E-state index >= 15 is 0 Å². The van der Waals surface area contributed by atoms with E-state index in [0.29, 0.717) is 5.92 Å². The lowest BCUT2D eigenvalue weighted by Gasteiger charge is -2.11. The summed E-state index contributed by atoms with van der Waals surface area (Å²) in [6.45, 7) is 11.3. The van der Waals surface area contributed by atoms with Gasteiger partial charge in [0.1, 0.15) is 0 Å². The van der Waals surface area contributed by atoms with Crippen molar-refractivity contribution < 1.29 is 0 Å². The van der Waals surface area contributed by atoms with E-state index in [4.69, 9.17) is 0 Å². The summed E-state index contributed by atoms with van der Waals surface area (Å²) in [6, 6.07) is 0. The van der Waals surface area contributed by atoms with E-state index in [2.05, 4.69) is 40.7 Å². The van der Waals surface area contributed by atoms with Crippen molar-refractivity contribution in [2.24, 2.45) is 11.8 Å². The molecule has 11 heavy (non-hydrogen) atoms. The maximum atomic E-state index is 2.38. The van der Waals surface area contributed by atoms with E-state index in [1.807, 2.05) is 0 Å². The fraction of sp³-hybridized carbons (Fsp3) is 0.818. The number of hydrogen-bond acceptors (Lipinski definition) is 0. The molecule has 0 aliphatic rings. The summed E-state index contributed by atoms with van der Waals surface area (Å²) >= 11 is 0. The molecular formula is C11H22. The summed E-state index contributed by atoms with van der Waals surface area (Å²) in [5.41, 5.74) is 1.56. The summed E-state index contributed by atoms with van der Waals surface area (Å²) in [5.74, 6) is 1.48. The summed E-state index contributed by atoms with van der Waals surface area (Å²) in [6.07, 6.45) is 5.00. The molecule has 0 aromatic heterocycles. The van der Waals surface area contributed by atoms with E-state index < -0.39 is 0 Å². The molecule has 0 amide bonds.